The van der Waals surface area contributed by atoms with Crippen LogP contribution in [0.4, 0.5) is 4.79 Å². The fraction of sp³-hybridized carbons (Fsp3) is 0.556. The van der Waals surface area contributed by atoms with E-state index in [4.69, 9.17) is 4.74 Å². The van der Waals surface area contributed by atoms with Gasteiger partial charge in [0, 0.05) is 20.0 Å². The molecule has 1 aromatic rings. The zero-order chi connectivity index (χ0) is 17.9. The van der Waals surface area contributed by atoms with Crippen LogP contribution in [0.3, 0.4) is 0 Å². The normalized spacial score (nSPS) is 12.0. The van der Waals surface area contributed by atoms with Crippen LogP contribution in [0.5, 0.6) is 0 Å². The summed E-state index contributed by atoms with van der Waals surface area (Å²) in [4.78, 5) is 24.8. The number of hydrogen-bond donors (Lipinski definition) is 1. The van der Waals surface area contributed by atoms with Gasteiger partial charge in [0.1, 0.15) is 0 Å². The summed E-state index contributed by atoms with van der Waals surface area (Å²) in [6, 6.07) is 9.16. The van der Waals surface area contributed by atoms with Gasteiger partial charge in [-0.05, 0) is 29.4 Å². The van der Waals surface area contributed by atoms with Gasteiger partial charge in [0.05, 0.1) is 0 Å². The molecule has 1 rings (SSSR count). The molecule has 0 aliphatic rings. The molecule has 0 saturated heterocycles. The minimum Gasteiger partial charge on any atom is -0.478 e. The molecule has 1 N–H and O–H groups in total. The van der Waals surface area contributed by atoms with Crippen molar-refractivity contribution in [2.75, 3.05) is 25.1 Å². The molecule has 0 unspecified atom stereocenters. The molecule has 134 valence electrons. The van der Waals surface area contributed by atoms with E-state index in [1.165, 1.54) is 4.90 Å². The van der Waals surface area contributed by atoms with Gasteiger partial charge in [0.2, 0.25) is 6.10 Å². The summed E-state index contributed by atoms with van der Waals surface area (Å²) < 4.78 is 5.15. The molecule has 1 atom stereocenters. The van der Waals surface area contributed by atoms with Crippen molar-refractivity contribution >= 4 is 23.8 Å². The van der Waals surface area contributed by atoms with E-state index < -0.39 is 18.2 Å². The van der Waals surface area contributed by atoms with Crippen LogP contribution in [-0.4, -0.2) is 53.3 Å². The third-order valence-electron chi connectivity index (χ3n) is 3.33. The van der Waals surface area contributed by atoms with Crippen LogP contribution >= 0.6 is 11.8 Å². The molecule has 5 nitrogen and oxygen atoms in total. The van der Waals surface area contributed by atoms with Crippen LogP contribution in [-0.2, 0) is 16.0 Å². The zero-order valence-electron chi connectivity index (χ0n) is 14.6. The lowest BCUT2D eigenvalue weighted by Crippen LogP contribution is -2.36. The number of nitrogens with zero attached hydrogens (tertiary/aromatic N) is 1. The summed E-state index contributed by atoms with van der Waals surface area (Å²) in [5.41, 5.74) is 0.824. The highest BCUT2D eigenvalue weighted by Crippen LogP contribution is 2.11. The summed E-state index contributed by atoms with van der Waals surface area (Å²) in [7, 11) is 1.64. The number of ether oxygens (including phenoxy) is 1. The van der Waals surface area contributed by atoms with Gasteiger partial charge in [-0.25, -0.2) is 9.59 Å². The first kappa shape index (κ1) is 20.4. The van der Waals surface area contributed by atoms with Crippen molar-refractivity contribution in [3.8, 4) is 0 Å². The van der Waals surface area contributed by atoms with Crippen LogP contribution in [0.15, 0.2) is 30.3 Å². The number of carbonyl (C=O) groups excluding carboxylic acids is 1. The molecule has 0 heterocycles. The van der Waals surface area contributed by atoms with Crippen molar-refractivity contribution in [3.63, 3.8) is 0 Å². The maximum Gasteiger partial charge on any atom is 0.410 e. The van der Waals surface area contributed by atoms with Crippen LogP contribution in [0.1, 0.15) is 25.8 Å². The summed E-state index contributed by atoms with van der Waals surface area (Å²) in [5.74, 6) is 1.61. The molecule has 0 radical (unpaired) electrons. The van der Waals surface area contributed by atoms with Crippen LogP contribution in [0, 0.1) is 5.92 Å². The standard InChI is InChI=1S/C18H27NO4S/c1-14(2)13-24-11-7-10-19(3)18(22)23-16(17(20)21)12-15-8-5-4-6-9-15/h4-6,8-9,14,16H,7,10-13H2,1-3H3,(H,20,21)/t16-/m0/s1. The number of carboxylic acids is 1. The van der Waals surface area contributed by atoms with E-state index in [1.54, 1.807) is 7.05 Å². The maximum atomic E-state index is 12.1. The Balaban J connectivity index is 2.40. The first-order chi connectivity index (χ1) is 11.4. The molecule has 1 amide bonds. The van der Waals surface area contributed by atoms with E-state index in [1.807, 2.05) is 42.1 Å². The molecule has 0 aromatic heterocycles. The van der Waals surface area contributed by atoms with E-state index in [0.717, 1.165) is 23.5 Å². The number of aliphatic carboxylic acids is 1. The largest absolute Gasteiger partial charge is 0.478 e. The van der Waals surface area contributed by atoms with Crippen molar-refractivity contribution in [2.45, 2.75) is 32.8 Å². The van der Waals surface area contributed by atoms with Crippen molar-refractivity contribution in [3.05, 3.63) is 35.9 Å². The minimum absolute atomic E-state index is 0.167. The quantitative estimate of drug-likeness (QED) is 0.652. The Morgan fingerprint density at radius 3 is 2.50 bits per heavy atom. The average Bonchev–Trinajstić information content (AvgIpc) is 2.54. The van der Waals surface area contributed by atoms with E-state index >= 15 is 0 Å². The van der Waals surface area contributed by atoms with Gasteiger partial charge in [0.25, 0.3) is 0 Å². The second-order valence-corrected chi connectivity index (χ2v) is 7.29. The van der Waals surface area contributed by atoms with E-state index in [2.05, 4.69) is 13.8 Å². The van der Waals surface area contributed by atoms with E-state index in [-0.39, 0.29) is 6.42 Å². The molecule has 1 aromatic carbocycles. The predicted octanol–water partition coefficient (Wildman–Crippen LogP) is 3.53. The third-order valence-corrected chi connectivity index (χ3v) is 4.81. The van der Waals surface area contributed by atoms with Crippen molar-refractivity contribution in [1.29, 1.82) is 0 Å². The lowest BCUT2D eigenvalue weighted by atomic mass is 10.1. The molecule has 0 aliphatic carbocycles. The topological polar surface area (TPSA) is 66.8 Å². The number of hydrogen-bond acceptors (Lipinski definition) is 4. The number of carbonyl (C=O) groups is 2. The van der Waals surface area contributed by atoms with Gasteiger partial charge in [-0.1, -0.05) is 44.2 Å². The number of carboxylic acid groups (broad SMARTS) is 1. The highest BCUT2D eigenvalue weighted by Gasteiger charge is 2.24. The molecular formula is C18H27NO4S. The Morgan fingerprint density at radius 2 is 1.92 bits per heavy atom. The van der Waals surface area contributed by atoms with Crippen molar-refractivity contribution in [1.82, 2.24) is 4.90 Å². The first-order valence-electron chi connectivity index (χ1n) is 8.16. The van der Waals surface area contributed by atoms with Crippen LogP contribution in [0.2, 0.25) is 0 Å². The van der Waals surface area contributed by atoms with Gasteiger partial charge in [-0.15, -0.1) is 0 Å². The van der Waals surface area contributed by atoms with Crippen LogP contribution < -0.4 is 0 Å². The lowest BCUT2D eigenvalue weighted by molar-refractivity contribution is -0.147. The molecule has 0 bridgehead atoms. The Labute approximate surface area is 148 Å². The van der Waals surface area contributed by atoms with E-state index in [0.29, 0.717) is 12.5 Å². The highest BCUT2D eigenvalue weighted by atomic mass is 32.2. The third kappa shape index (κ3) is 8.24. The molecular weight excluding hydrogens is 326 g/mol. The number of benzene rings is 1. The smallest absolute Gasteiger partial charge is 0.410 e. The second-order valence-electron chi connectivity index (χ2n) is 6.14. The first-order valence-corrected chi connectivity index (χ1v) is 9.31. The zero-order valence-corrected chi connectivity index (χ0v) is 15.4. The minimum atomic E-state index is -1.17. The van der Waals surface area contributed by atoms with Gasteiger partial charge in [-0.3, -0.25) is 0 Å². The summed E-state index contributed by atoms with van der Waals surface area (Å²) in [5, 5.41) is 9.26. The van der Waals surface area contributed by atoms with Crippen LogP contribution in [0.25, 0.3) is 0 Å². The average molecular weight is 353 g/mol. The number of thioether (sulfide) groups is 1. The maximum absolute atomic E-state index is 12.1. The van der Waals surface area contributed by atoms with Crippen molar-refractivity contribution in [2.24, 2.45) is 5.92 Å². The monoisotopic (exact) mass is 353 g/mol. The van der Waals surface area contributed by atoms with Gasteiger partial charge >= 0.3 is 12.1 Å². The summed E-state index contributed by atoms with van der Waals surface area (Å²) in [6.07, 6.45) is -0.732. The molecule has 0 fully saturated rings. The fourth-order valence-corrected chi connectivity index (χ4v) is 3.00. The van der Waals surface area contributed by atoms with Crippen molar-refractivity contribution < 1.29 is 19.4 Å². The Hall–Kier alpha value is -1.69. The lowest BCUT2D eigenvalue weighted by Gasteiger charge is -2.20. The molecule has 0 saturated carbocycles. The Morgan fingerprint density at radius 1 is 1.25 bits per heavy atom. The Kier molecular flexibility index (Phi) is 9.30. The molecule has 0 aliphatic heterocycles. The molecule has 0 spiro atoms. The number of amides is 1. The summed E-state index contributed by atoms with van der Waals surface area (Å²) in [6.45, 7) is 4.91. The number of rotatable bonds is 10. The van der Waals surface area contributed by atoms with Gasteiger partial charge < -0.3 is 14.7 Å². The Bertz CT molecular complexity index is 507. The molecule has 24 heavy (non-hydrogen) atoms. The van der Waals surface area contributed by atoms with Gasteiger partial charge in [0.15, 0.2) is 0 Å². The van der Waals surface area contributed by atoms with E-state index in [9.17, 15) is 14.7 Å². The fourth-order valence-electron chi connectivity index (χ4n) is 2.03. The molecule has 6 heteroatoms. The predicted molar refractivity (Wildman–Crippen MR) is 97.5 cm³/mol. The summed E-state index contributed by atoms with van der Waals surface area (Å²) >= 11 is 1.86. The second kappa shape index (κ2) is 11.0. The highest BCUT2D eigenvalue weighted by molar-refractivity contribution is 7.99. The van der Waals surface area contributed by atoms with Gasteiger partial charge in [-0.2, -0.15) is 11.8 Å². The SMILES string of the molecule is CC(C)CSCCCN(C)C(=O)O[C@@H](Cc1ccccc1)C(=O)O.